The zero-order valence-electron chi connectivity index (χ0n) is 12.0. The Balaban J connectivity index is 3.13. The number of hydrogen-bond donors (Lipinski definition) is 3. The molecule has 9 heteroatoms. The van der Waals surface area contributed by atoms with Gasteiger partial charge in [0.25, 0.3) is 5.69 Å². The van der Waals surface area contributed by atoms with Gasteiger partial charge in [-0.05, 0) is 11.6 Å². The molecule has 1 aromatic rings. The van der Waals surface area contributed by atoms with Gasteiger partial charge in [-0.3, -0.25) is 14.9 Å². The van der Waals surface area contributed by atoms with E-state index in [0.717, 1.165) is 25.3 Å². The average Bonchev–Trinajstić information content (AvgIpc) is 2.50. The van der Waals surface area contributed by atoms with E-state index in [-0.39, 0.29) is 23.4 Å². The number of amides is 1. The molecule has 1 amide bonds. The van der Waals surface area contributed by atoms with Crippen molar-refractivity contribution in [2.45, 2.75) is 19.1 Å². The zero-order valence-corrected chi connectivity index (χ0v) is 12.0. The lowest BCUT2D eigenvalue weighted by Gasteiger charge is -2.20. The van der Waals surface area contributed by atoms with Gasteiger partial charge in [-0.1, -0.05) is 0 Å². The maximum atomic E-state index is 11.7. The highest BCUT2D eigenvalue weighted by molar-refractivity contribution is 5.92. The molecule has 0 bridgehead atoms. The number of aliphatic hydroxyl groups excluding tert-OH is 2. The topological polar surface area (TPSA) is 139 Å². The van der Waals surface area contributed by atoms with Crippen LogP contribution in [0.1, 0.15) is 28.9 Å². The largest absolute Gasteiger partial charge is 0.465 e. The SMILES string of the molecule is COC(=O)c1cc([N+](=O)[O-])ccc1C(O)C(O)CNC(C)=O. The number of nitro benzene ring substituents is 1. The second-order valence-electron chi connectivity index (χ2n) is 4.47. The molecule has 2 unspecified atom stereocenters. The van der Waals surface area contributed by atoms with Gasteiger partial charge in [0.05, 0.1) is 17.6 Å². The van der Waals surface area contributed by atoms with Gasteiger partial charge in [0, 0.05) is 25.6 Å². The molecule has 1 aromatic carbocycles. The first-order valence-corrected chi connectivity index (χ1v) is 6.25. The molecule has 9 nitrogen and oxygen atoms in total. The van der Waals surface area contributed by atoms with Crippen molar-refractivity contribution in [2.75, 3.05) is 13.7 Å². The molecule has 22 heavy (non-hydrogen) atoms. The van der Waals surface area contributed by atoms with Crippen molar-refractivity contribution in [1.29, 1.82) is 0 Å². The number of aliphatic hydroxyl groups is 2. The van der Waals surface area contributed by atoms with Crippen LogP contribution in [-0.2, 0) is 9.53 Å². The van der Waals surface area contributed by atoms with Crippen LogP contribution in [0.3, 0.4) is 0 Å². The highest BCUT2D eigenvalue weighted by Crippen LogP contribution is 2.26. The summed E-state index contributed by atoms with van der Waals surface area (Å²) >= 11 is 0. The third-order valence-corrected chi connectivity index (χ3v) is 2.90. The molecule has 3 N–H and O–H groups in total. The Morgan fingerprint density at radius 2 is 2.05 bits per heavy atom. The Labute approximate surface area is 125 Å². The number of hydrogen-bond acceptors (Lipinski definition) is 7. The van der Waals surface area contributed by atoms with E-state index < -0.39 is 29.0 Å². The van der Waals surface area contributed by atoms with E-state index in [1.54, 1.807) is 0 Å². The first kappa shape index (κ1) is 17.5. The van der Waals surface area contributed by atoms with E-state index in [0.29, 0.717) is 0 Å². The molecule has 0 aliphatic carbocycles. The van der Waals surface area contributed by atoms with Crippen LogP contribution >= 0.6 is 0 Å². The van der Waals surface area contributed by atoms with Crippen LogP contribution in [0.2, 0.25) is 0 Å². The Bertz CT molecular complexity index is 588. The second-order valence-corrected chi connectivity index (χ2v) is 4.47. The van der Waals surface area contributed by atoms with E-state index in [9.17, 15) is 29.9 Å². The lowest BCUT2D eigenvalue weighted by atomic mass is 9.97. The van der Waals surface area contributed by atoms with Crippen LogP contribution in [-0.4, -0.2) is 46.8 Å². The van der Waals surface area contributed by atoms with Crippen molar-refractivity contribution in [3.8, 4) is 0 Å². The third kappa shape index (κ3) is 4.24. The summed E-state index contributed by atoms with van der Waals surface area (Å²) in [7, 11) is 1.09. The average molecular weight is 312 g/mol. The van der Waals surface area contributed by atoms with E-state index >= 15 is 0 Å². The summed E-state index contributed by atoms with van der Waals surface area (Å²) < 4.78 is 4.52. The summed E-state index contributed by atoms with van der Waals surface area (Å²) in [6, 6.07) is 3.21. The van der Waals surface area contributed by atoms with Crippen LogP contribution in [0.4, 0.5) is 5.69 Å². The molecule has 2 atom stereocenters. The second kappa shape index (κ2) is 7.48. The number of nitrogens with one attached hydrogen (secondary N) is 1. The Morgan fingerprint density at radius 3 is 2.55 bits per heavy atom. The summed E-state index contributed by atoms with van der Waals surface area (Å²) in [5.41, 5.74) is -0.617. The molecule has 0 saturated heterocycles. The molecule has 0 spiro atoms. The first-order valence-electron chi connectivity index (χ1n) is 6.25. The van der Waals surface area contributed by atoms with Gasteiger partial charge in [-0.2, -0.15) is 0 Å². The van der Waals surface area contributed by atoms with Crippen LogP contribution in [0.25, 0.3) is 0 Å². The number of nitro groups is 1. The Kier molecular flexibility index (Phi) is 5.96. The molecule has 0 aliphatic rings. The van der Waals surface area contributed by atoms with Gasteiger partial charge in [-0.15, -0.1) is 0 Å². The van der Waals surface area contributed by atoms with Crippen LogP contribution < -0.4 is 5.32 Å². The Morgan fingerprint density at radius 1 is 1.41 bits per heavy atom. The molecule has 0 fully saturated rings. The molecular weight excluding hydrogens is 296 g/mol. The predicted octanol–water partition coefficient (Wildman–Crippen LogP) is -0.0882. The van der Waals surface area contributed by atoms with E-state index in [1.807, 2.05) is 0 Å². The number of benzene rings is 1. The van der Waals surface area contributed by atoms with Crippen LogP contribution in [0.15, 0.2) is 18.2 Å². The van der Waals surface area contributed by atoms with Crippen molar-refractivity contribution in [3.63, 3.8) is 0 Å². The summed E-state index contributed by atoms with van der Waals surface area (Å²) in [6.45, 7) is 0.999. The minimum atomic E-state index is -1.53. The quantitative estimate of drug-likeness (QED) is 0.379. The molecule has 120 valence electrons. The van der Waals surface area contributed by atoms with Gasteiger partial charge in [0.1, 0.15) is 12.2 Å². The number of esters is 1. The van der Waals surface area contributed by atoms with E-state index in [2.05, 4.69) is 10.1 Å². The number of nitrogens with zero attached hydrogens (tertiary/aromatic N) is 1. The lowest BCUT2D eigenvalue weighted by molar-refractivity contribution is -0.384. The van der Waals surface area contributed by atoms with Gasteiger partial charge in [0.2, 0.25) is 5.91 Å². The monoisotopic (exact) mass is 312 g/mol. The minimum Gasteiger partial charge on any atom is -0.465 e. The fourth-order valence-corrected chi connectivity index (χ4v) is 1.77. The van der Waals surface area contributed by atoms with Crippen LogP contribution in [0.5, 0.6) is 0 Å². The smallest absolute Gasteiger partial charge is 0.338 e. The first-order chi connectivity index (χ1) is 10.3. The summed E-state index contributed by atoms with van der Waals surface area (Å²) in [4.78, 5) is 32.5. The number of ether oxygens (including phenoxy) is 1. The minimum absolute atomic E-state index is 0.0321. The lowest BCUT2D eigenvalue weighted by Crippen LogP contribution is -2.34. The van der Waals surface area contributed by atoms with Crippen molar-refractivity contribution < 1.29 is 29.5 Å². The molecule has 0 aromatic heterocycles. The van der Waals surface area contributed by atoms with Crippen molar-refractivity contribution in [1.82, 2.24) is 5.32 Å². The summed E-state index contributed by atoms with van der Waals surface area (Å²) in [5.74, 6) is -1.28. The Hall–Kier alpha value is -2.52. The molecule has 0 heterocycles. The van der Waals surface area contributed by atoms with Gasteiger partial charge < -0.3 is 20.3 Å². The van der Waals surface area contributed by atoms with Crippen molar-refractivity contribution in [3.05, 3.63) is 39.4 Å². The fourth-order valence-electron chi connectivity index (χ4n) is 1.77. The van der Waals surface area contributed by atoms with Crippen molar-refractivity contribution >= 4 is 17.6 Å². The highest BCUT2D eigenvalue weighted by Gasteiger charge is 2.26. The molecule has 0 saturated carbocycles. The number of non-ortho nitro benzene ring substituents is 1. The van der Waals surface area contributed by atoms with Crippen LogP contribution in [0, 0.1) is 10.1 Å². The standard InChI is InChI=1S/C13H16N2O7/c1-7(16)14-6-11(17)12(18)9-4-3-8(15(20)21)5-10(9)13(19)22-2/h3-5,11-12,17-18H,6H2,1-2H3,(H,14,16). The summed E-state index contributed by atoms with van der Waals surface area (Å²) in [5, 5.41) is 33.0. The maximum Gasteiger partial charge on any atom is 0.338 e. The van der Waals surface area contributed by atoms with E-state index in [4.69, 9.17) is 0 Å². The zero-order chi connectivity index (χ0) is 16.9. The summed E-state index contributed by atoms with van der Waals surface area (Å²) in [6.07, 6.45) is -2.92. The molecular formula is C13H16N2O7. The number of rotatable bonds is 6. The normalized spacial score (nSPS) is 13.1. The third-order valence-electron chi connectivity index (χ3n) is 2.90. The number of carbonyl (C=O) groups is 2. The van der Waals surface area contributed by atoms with Gasteiger partial charge >= 0.3 is 5.97 Å². The van der Waals surface area contributed by atoms with Gasteiger partial charge in [0.15, 0.2) is 0 Å². The number of carbonyl (C=O) groups excluding carboxylic acids is 2. The molecule has 1 rings (SSSR count). The maximum absolute atomic E-state index is 11.7. The number of methoxy groups -OCH3 is 1. The molecule has 0 radical (unpaired) electrons. The van der Waals surface area contributed by atoms with E-state index in [1.165, 1.54) is 6.92 Å². The molecule has 0 aliphatic heterocycles. The predicted molar refractivity (Wildman–Crippen MR) is 74.1 cm³/mol. The van der Waals surface area contributed by atoms with Crippen molar-refractivity contribution in [2.24, 2.45) is 0 Å². The van der Waals surface area contributed by atoms with Gasteiger partial charge in [-0.25, -0.2) is 4.79 Å². The fraction of sp³-hybridized carbons (Fsp3) is 0.385. The highest BCUT2D eigenvalue weighted by atomic mass is 16.6.